The minimum atomic E-state index is -0.554. The monoisotopic (exact) mass is 688 g/mol. The predicted octanol–water partition coefficient (Wildman–Crippen LogP) is 5.39. The number of nitrogens with one attached hydrogen (secondary N) is 1. The number of halogens is 2. The summed E-state index contributed by atoms with van der Waals surface area (Å²) in [6.45, 7) is 5.34. The molecule has 0 aliphatic carbocycles. The van der Waals surface area contributed by atoms with E-state index in [1.54, 1.807) is 4.90 Å². The Bertz CT molecular complexity index is 1760. The van der Waals surface area contributed by atoms with E-state index in [-0.39, 0.29) is 0 Å². The number of fused-ring (bicyclic) bond motifs is 1. The van der Waals surface area contributed by atoms with Crippen LogP contribution in [0.1, 0.15) is 33.5 Å². The van der Waals surface area contributed by atoms with Crippen molar-refractivity contribution in [2.75, 3.05) is 37.7 Å². The quantitative estimate of drug-likeness (QED) is 0.204. The van der Waals surface area contributed by atoms with Gasteiger partial charge < -0.3 is 21.1 Å². The van der Waals surface area contributed by atoms with Crippen LogP contribution in [-0.2, 0) is 32.6 Å². The van der Waals surface area contributed by atoms with Crippen LogP contribution in [-0.4, -0.2) is 74.5 Å². The Morgan fingerprint density at radius 1 is 0.957 bits per heavy atom. The molecule has 1 atom stereocenters. The van der Waals surface area contributed by atoms with Gasteiger partial charge in [0, 0.05) is 90.2 Å². The summed E-state index contributed by atoms with van der Waals surface area (Å²) in [5.74, 6) is 8.67. The lowest BCUT2D eigenvalue weighted by molar-refractivity contribution is 0.0983. The van der Waals surface area contributed by atoms with Crippen molar-refractivity contribution in [1.82, 2.24) is 24.9 Å². The van der Waals surface area contributed by atoms with E-state index in [1.165, 1.54) is 5.56 Å². The number of β-amino-alcohol motifs (C(OH)–C–C–N with tert-alkyl or cyclic N) is 1. The number of aliphatic hydroxyl groups is 1. The van der Waals surface area contributed by atoms with E-state index >= 15 is 0 Å². The van der Waals surface area contributed by atoms with E-state index in [0.717, 1.165) is 76.3 Å². The molecule has 4 N–H and O–H groups in total. The summed E-state index contributed by atoms with van der Waals surface area (Å²) in [5, 5.41) is 20.7. The lowest BCUT2D eigenvalue weighted by Gasteiger charge is -2.29. The molecule has 0 spiro atoms. The number of rotatable bonds is 9. The summed E-state index contributed by atoms with van der Waals surface area (Å²) in [4.78, 5) is 16.1. The molecule has 2 aliphatic rings. The third-order valence-corrected chi connectivity index (χ3v) is 10.0. The Labute approximate surface area is 290 Å². The van der Waals surface area contributed by atoms with E-state index < -0.39 is 12.1 Å². The van der Waals surface area contributed by atoms with Gasteiger partial charge in [0.05, 0.1) is 29.9 Å². The van der Waals surface area contributed by atoms with Crippen LogP contribution in [0, 0.1) is 11.8 Å². The summed E-state index contributed by atoms with van der Waals surface area (Å²) in [6, 6.07) is 21.2. The van der Waals surface area contributed by atoms with Gasteiger partial charge in [0.1, 0.15) is 0 Å². The summed E-state index contributed by atoms with van der Waals surface area (Å²) < 4.78 is 1.91. The van der Waals surface area contributed by atoms with E-state index in [1.807, 2.05) is 71.0 Å². The fourth-order valence-corrected chi connectivity index (χ4v) is 7.24. The van der Waals surface area contributed by atoms with Crippen molar-refractivity contribution in [2.24, 2.45) is 5.73 Å². The minimum Gasteiger partial charge on any atom is -0.390 e. The smallest absolute Gasteiger partial charge is 0.315 e. The van der Waals surface area contributed by atoms with Crippen LogP contribution in [0.5, 0.6) is 0 Å². The normalized spacial score (nSPS) is 15.5. The maximum Gasteiger partial charge on any atom is 0.315 e. The first-order valence-corrected chi connectivity index (χ1v) is 17.7. The summed E-state index contributed by atoms with van der Waals surface area (Å²) in [5.41, 5.74) is 13.2. The SMILES string of the molecule is NC(=O)N1CCc2c(c(-c3ccc(Cl)c(C#Cc4ccc(CNCc5ccc(Cl)cc5)cc4)c3)nn2CC(O)CN2CCSCC2)C1. The van der Waals surface area contributed by atoms with Crippen LogP contribution in [0.4, 0.5) is 4.79 Å². The van der Waals surface area contributed by atoms with Gasteiger partial charge >= 0.3 is 6.03 Å². The van der Waals surface area contributed by atoms with Crippen molar-refractivity contribution < 1.29 is 9.90 Å². The second-order valence-electron chi connectivity index (χ2n) is 11.9. The molecule has 244 valence electrons. The largest absolute Gasteiger partial charge is 0.390 e. The van der Waals surface area contributed by atoms with Crippen molar-refractivity contribution >= 4 is 41.0 Å². The Morgan fingerprint density at radius 2 is 1.66 bits per heavy atom. The molecule has 2 amide bonds. The first kappa shape index (κ1) is 33.4. The lowest BCUT2D eigenvalue weighted by Crippen LogP contribution is -2.41. The molecular weight excluding hydrogens is 651 g/mol. The van der Waals surface area contributed by atoms with Gasteiger partial charge in [-0.05, 0) is 47.5 Å². The number of nitrogens with zero attached hydrogens (tertiary/aromatic N) is 4. The predicted molar refractivity (Wildman–Crippen MR) is 191 cm³/mol. The highest BCUT2D eigenvalue weighted by atomic mass is 35.5. The van der Waals surface area contributed by atoms with E-state index in [2.05, 4.69) is 34.2 Å². The molecular formula is C36H38Cl2N6O2S. The molecule has 4 aromatic rings. The first-order chi connectivity index (χ1) is 22.8. The fourth-order valence-electron chi connectivity index (χ4n) is 5.97. The minimum absolute atomic E-state index is 0.365. The molecule has 1 aromatic heterocycles. The number of thioether (sulfide) groups is 1. The first-order valence-electron chi connectivity index (χ1n) is 15.8. The van der Waals surface area contributed by atoms with E-state index in [4.69, 9.17) is 34.0 Å². The topological polar surface area (TPSA) is 99.7 Å². The van der Waals surface area contributed by atoms with Crippen molar-refractivity contribution in [3.63, 3.8) is 0 Å². The summed E-state index contributed by atoms with van der Waals surface area (Å²) >= 11 is 14.5. The van der Waals surface area contributed by atoms with Crippen LogP contribution in [0.25, 0.3) is 11.3 Å². The molecule has 0 radical (unpaired) electrons. The number of carbonyl (C=O) groups excluding carboxylic acids is 1. The van der Waals surface area contributed by atoms with Crippen LogP contribution >= 0.6 is 35.0 Å². The van der Waals surface area contributed by atoms with Gasteiger partial charge in [-0.15, -0.1) is 0 Å². The highest BCUT2D eigenvalue weighted by Crippen LogP contribution is 2.32. The Balaban J connectivity index is 1.18. The van der Waals surface area contributed by atoms with Gasteiger partial charge in [0.15, 0.2) is 0 Å². The molecule has 6 rings (SSSR count). The van der Waals surface area contributed by atoms with Gasteiger partial charge in [-0.25, -0.2) is 4.79 Å². The summed E-state index contributed by atoms with van der Waals surface area (Å²) in [6.07, 6.45) is 0.0621. The fraction of sp³-hybridized carbons (Fsp3) is 0.333. The van der Waals surface area contributed by atoms with Crippen LogP contribution in [0.3, 0.4) is 0 Å². The standard InChI is InChI=1S/C36H38Cl2N6O2S/c37-30-10-6-27(7-11-30)21-40-20-26-3-1-25(2-4-26)5-8-28-19-29(9-12-33(28)38)35-32-24-43(36(39)46)14-13-34(32)44(41-35)23-31(45)22-42-15-17-47-18-16-42/h1-4,6-7,9-12,19,31,40,45H,13-18,20-24H2,(H2,39,46). The van der Waals surface area contributed by atoms with Gasteiger partial charge in [-0.3, -0.25) is 9.58 Å². The molecule has 1 saturated heterocycles. The molecule has 1 unspecified atom stereocenters. The highest BCUT2D eigenvalue weighted by Gasteiger charge is 2.28. The van der Waals surface area contributed by atoms with Crippen molar-refractivity contribution in [2.45, 2.75) is 38.7 Å². The van der Waals surface area contributed by atoms with Gasteiger partial charge in [-0.2, -0.15) is 16.9 Å². The molecule has 11 heteroatoms. The number of amides is 2. The number of carbonyl (C=O) groups is 1. The number of aromatic nitrogens is 2. The number of hydrogen-bond donors (Lipinski definition) is 3. The van der Waals surface area contributed by atoms with Crippen molar-refractivity contribution in [3.8, 4) is 23.1 Å². The molecule has 0 saturated carbocycles. The zero-order valence-corrected chi connectivity index (χ0v) is 28.4. The summed E-state index contributed by atoms with van der Waals surface area (Å²) in [7, 11) is 0. The molecule has 1 fully saturated rings. The van der Waals surface area contributed by atoms with Gasteiger partial charge in [-0.1, -0.05) is 65.4 Å². The number of aliphatic hydroxyl groups excluding tert-OH is 1. The number of hydrogen-bond acceptors (Lipinski definition) is 6. The van der Waals surface area contributed by atoms with Gasteiger partial charge in [0.25, 0.3) is 0 Å². The Morgan fingerprint density at radius 3 is 2.36 bits per heavy atom. The maximum atomic E-state index is 12.1. The zero-order chi connectivity index (χ0) is 32.8. The zero-order valence-electron chi connectivity index (χ0n) is 26.1. The lowest BCUT2D eigenvalue weighted by atomic mass is 9.99. The third kappa shape index (κ3) is 8.71. The van der Waals surface area contributed by atoms with Crippen LogP contribution in [0.2, 0.25) is 10.0 Å². The molecule has 8 nitrogen and oxygen atoms in total. The van der Waals surface area contributed by atoms with Crippen molar-refractivity contribution in [1.29, 1.82) is 0 Å². The average molecular weight is 690 g/mol. The molecule has 2 aliphatic heterocycles. The number of primary amides is 1. The maximum absolute atomic E-state index is 12.1. The van der Waals surface area contributed by atoms with Crippen LogP contribution in [0.15, 0.2) is 66.7 Å². The average Bonchev–Trinajstić information content (AvgIpc) is 3.43. The van der Waals surface area contributed by atoms with Gasteiger partial charge in [0.2, 0.25) is 0 Å². The number of urea groups is 1. The molecule has 47 heavy (non-hydrogen) atoms. The molecule has 3 aromatic carbocycles. The number of benzene rings is 3. The van der Waals surface area contributed by atoms with E-state index in [0.29, 0.717) is 43.2 Å². The van der Waals surface area contributed by atoms with Crippen molar-refractivity contribution in [3.05, 3.63) is 110 Å². The van der Waals surface area contributed by atoms with Crippen LogP contribution < -0.4 is 11.1 Å². The molecule has 0 bridgehead atoms. The number of nitrogens with two attached hydrogens (primary N) is 1. The Kier molecular flexibility index (Phi) is 11.1. The highest BCUT2D eigenvalue weighted by molar-refractivity contribution is 7.99. The third-order valence-electron chi connectivity index (χ3n) is 8.51. The van der Waals surface area contributed by atoms with E-state index in [9.17, 15) is 9.90 Å². The Hall–Kier alpha value is -3.49. The molecule has 3 heterocycles. The second-order valence-corrected chi connectivity index (χ2v) is 14.0. The second kappa shape index (κ2) is 15.6.